The summed E-state index contributed by atoms with van der Waals surface area (Å²) in [6.45, 7) is 5.78. The number of methoxy groups -OCH3 is 1. The van der Waals surface area contributed by atoms with Crippen molar-refractivity contribution in [1.82, 2.24) is 15.0 Å². The fraction of sp³-hybridized carbons (Fsp3) is 0.471. The minimum absolute atomic E-state index is 0.331. The lowest BCUT2D eigenvalue weighted by atomic mass is 10.0. The first kappa shape index (κ1) is 15.1. The van der Waals surface area contributed by atoms with Crippen molar-refractivity contribution >= 4 is 0 Å². The Morgan fingerprint density at radius 2 is 2.14 bits per heavy atom. The average Bonchev–Trinajstić information content (AvgIpc) is 2.94. The Hall–Kier alpha value is -1.85. The minimum atomic E-state index is 0.331. The summed E-state index contributed by atoms with van der Waals surface area (Å²) in [7, 11) is 3.91. The molecule has 3 rings (SSSR count). The van der Waals surface area contributed by atoms with E-state index in [2.05, 4.69) is 34.1 Å². The number of aryl methyl sites for hydroxylation is 1. The molecule has 5 heteroatoms. The first-order valence-electron chi connectivity index (χ1n) is 7.65. The molecule has 0 saturated carbocycles. The molecular formula is C17H23N3O2. The van der Waals surface area contributed by atoms with Crippen LogP contribution in [0.25, 0.3) is 0 Å². The Morgan fingerprint density at radius 3 is 2.86 bits per heavy atom. The van der Waals surface area contributed by atoms with Gasteiger partial charge in [-0.15, -0.1) is 0 Å². The molecule has 1 aliphatic heterocycles. The van der Waals surface area contributed by atoms with Crippen LogP contribution in [0.4, 0.5) is 0 Å². The smallest absolute Gasteiger partial charge is 0.133 e. The molecule has 0 unspecified atom stereocenters. The van der Waals surface area contributed by atoms with Crippen molar-refractivity contribution in [3.8, 4) is 5.75 Å². The molecule has 0 spiro atoms. The second-order valence-corrected chi connectivity index (χ2v) is 5.90. The summed E-state index contributed by atoms with van der Waals surface area (Å²) in [5, 5.41) is 4.11. The molecule has 1 saturated heterocycles. The van der Waals surface area contributed by atoms with Gasteiger partial charge in [0.25, 0.3) is 0 Å². The van der Waals surface area contributed by atoms with E-state index in [0.29, 0.717) is 6.04 Å². The molecule has 2 aromatic rings. The largest absolute Gasteiger partial charge is 0.496 e. The molecule has 5 nitrogen and oxygen atoms in total. The number of ether oxygens (including phenoxy) is 1. The zero-order valence-corrected chi connectivity index (χ0v) is 13.5. The van der Waals surface area contributed by atoms with Gasteiger partial charge in [0, 0.05) is 37.8 Å². The summed E-state index contributed by atoms with van der Waals surface area (Å²) in [5.74, 6) is 1.82. The predicted molar refractivity (Wildman–Crippen MR) is 84.9 cm³/mol. The van der Waals surface area contributed by atoms with Gasteiger partial charge in [-0.3, -0.25) is 9.80 Å². The van der Waals surface area contributed by atoms with Crippen LogP contribution in [-0.2, 0) is 6.54 Å². The number of para-hydroxylation sites is 1. The molecule has 1 aliphatic rings. The Balaban J connectivity index is 1.76. The monoisotopic (exact) mass is 301 g/mol. The molecule has 0 aliphatic carbocycles. The zero-order valence-electron chi connectivity index (χ0n) is 13.5. The standard InChI is InChI=1S/C17H23N3O2/c1-13-10-14(18-22-13)11-20-9-8-19(2)16(12-20)15-6-4-5-7-17(15)21-3/h4-7,10,16H,8-9,11-12H2,1-3H3/t16-/m1/s1. The van der Waals surface area contributed by atoms with E-state index < -0.39 is 0 Å². The van der Waals surface area contributed by atoms with Gasteiger partial charge >= 0.3 is 0 Å². The van der Waals surface area contributed by atoms with Gasteiger partial charge in [0.05, 0.1) is 18.8 Å². The first-order valence-corrected chi connectivity index (χ1v) is 7.65. The van der Waals surface area contributed by atoms with Crippen LogP contribution in [-0.4, -0.2) is 48.7 Å². The van der Waals surface area contributed by atoms with E-state index in [1.54, 1.807) is 7.11 Å². The maximum Gasteiger partial charge on any atom is 0.133 e. The molecule has 1 aromatic carbocycles. The molecule has 0 amide bonds. The zero-order chi connectivity index (χ0) is 15.5. The van der Waals surface area contributed by atoms with Crippen molar-refractivity contribution in [3.63, 3.8) is 0 Å². The molecule has 0 N–H and O–H groups in total. The van der Waals surface area contributed by atoms with Crippen LogP contribution in [0.1, 0.15) is 23.1 Å². The van der Waals surface area contributed by atoms with Crippen LogP contribution in [0.3, 0.4) is 0 Å². The van der Waals surface area contributed by atoms with E-state index in [1.165, 1.54) is 5.56 Å². The number of hydrogen-bond acceptors (Lipinski definition) is 5. The maximum absolute atomic E-state index is 5.53. The van der Waals surface area contributed by atoms with Gasteiger partial charge in [-0.2, -0.15) is 0 Å². The van der Waals surface area contributed by atoms with Crippen molar-refractivity contribution < 1.29 is 9.26 Å². The molecular weight excluding hydrogens is 278 g/mol. The summed E-state index contributed by atoms with van der Waals surface area (Å²) in [6, 6.07) is 10.6. The molecule has 2 heterocycles. The second-order valence-electron chi connectivity index (χ2n) is 5.90. The summed E-state index contributed by atoms with van der Waals surface area (Å²) >= 11 is 0. The van der Waals surface area contributed by atoms with Crippen molar-refractivity contribution in [2.75, 3.05) is 33.8 Å². The van der Waals surface area contributed by atoms with Gasteiger partial charge in [0.1, 0.15) is 11.5 Å². The highest BCUT2D eigenvalue weighted by Crippen LogP contribution is 2.31. The molecule has 0 bridgehead atoms. The predicted octanol–water partition coefficient (Wildman–Crippen LogP) is 2.48. The number of nitrogens with zero attached hydrogens (tertiary/aromatic N) is 3. The van der Waals surface area contributed by atoms with E-state index in [9.17, 15) is 0 Å². The lowest BCUT2D eigenvalue weighted by molar-refractivity contribution is 0.0874. The van der Waals surface area contributed by atoms with Crippen molar-refractivity contribution in [3.05, 3.63) is 47.3 Å². The topological polar surface area (TPSA) is 41.7 Å². The third-order valence-corrected chi connectivity index (χ3v) is 4.29. The molecule has 118 valence electrons. The second kappa shape index (κ2) is 6.50. The Labute approximate surface area is 131 Å². The van der Waals surface area contributed by atoms with Gasteiger partial charge in [0.15, 0.2) is 0 Å². The summed E-state index contributed by atoms with van der Waals surface area (Å²) in [5.41, 5.74) is 2.24. The Kier molecular flexibility index (Phi) is 4.45. The fourth-order valence-corrected chi connectivity index (χ4v) is 3.07. The van der Waals surface area contributed by atoms with Crippen LogP contribution in [0.5, 0.6) is 5.75 Å². The fourth-order valence-electron chi connectivity index (χ4n) is 3.07. The third-order valence-electron chi connectivity index (χ3n) is 4.29. The van der Waals surface area contributed by atoms with E-state index in [-0.39, 0.29) is 0 Å². The number of hydrogen-bond donors (Lipinski definition) is 0. The molecule has 22 heavy (non-hydrogen) atoms. The van der Waals surface area contributed by atoms with E-state index in [0.717, 1.165) is 43.4 Å². The van der Waals surface area contributed by atoms with Gasteiger partial charge in [-0.25, -0.2) is 0 Å². The van der Waals surface area contributed by atoms with Gasteiger partial charge < -0.3 is 9.26 Å². The Morgan fingerprint density at radius 1 is 1.32 bits per heavy atom. The van der Waals surface area contributed by atoms with Crippen LogP contribution in [0.15, 0.2) is 34.9 Å². The Bertz CT molecular complexity index is 626. The highest BCUT2D eigenvalue weighted by atomic mass is 16.5. The summed E-state index contributed by atoms with van der Waals surface area (Å²) in [6.07, 6.45) is 0. The molecule has 1 atom stereocenters. The van der Waals surface area contributed by atoms with Crippen LogP contribution >= 0.6 is 0 Å². The SMILES string of the molecule is COc1ccccc1[C@H]1CN(Cc2cc(C)on2)CCN1C. The van der Waals surface area contributed by atoms with Crippen LogP contribution in [0.2, 0.25) is 0 Å². The molecule has 1 fully saturated rings. The third kappa shape index (κ3) is 3.15. The lowest BCUT2D eigenvalue weighted by Gasteiger charge is -2.39. The number of benzene rings is 1. The quantitative estimate of drug-likeness (QED) is 0.868. The summed E-state index contributed by atoms with van der Waals surface area (Å²) < 4.78 is 10.7. The van der Waals surface area contributed by atoms with E-state index >= 15 is 0 Å². The van der Waals surface area contributed by atoms with E-state index in [1.807, 2.05) is 25.1 Å². The number of piperazine rings is 1. The van der Waals surface area contributed by atoms with Crippen molar-refractivity contribution in [2.45, 2.75) is 19.5 Å². The van der Waals surface area contributed by atoms with Crippen molar-refractivity contribution in [1.29, 1.82) is 0 Å². The highest BCUT2D eigenvalue weighted by molar-refractivity contribution is 5.36. The molecule has 0 radical (unpaired) electrons. The lowest BCUT2D eigenvalue weighted by Crippen LogP contribution is -2.46. The van der Waals surface area contributed by atoms with Gasteiger partial charge in [0.2, 0.25) is 0 Å². The van der Waals surface area contributed by atoms with Crippen molar-refractivity contribution in [2.24, 2.45) is 0 Å². The van der Waals surface area contributed by atoms with Crippen LogP contribution in [0, 0.1) is 6.92 Å². The van der Waals surface area contributed by atoms with Gasteiger partial charge in [-0.1, -0.05) is 23.4 Å². The van der Waals surface area contributed by atoms with Crippen LogP contribution < -0.4 is 4.74 Å². The average molecular weight is 301 g/mol. The van der Waals surface area contributed by atoms with E-state index in [4.69, 9.17) is 9.26 Å². The van der Waals surface area contributed by atoms with Gasteiger partial charge in [-0.05, 0) is 20.0 Å². The highest BCUT2D eigenvalue weighted by Gasteiger charge is 2.28. The first-order chi connectivity index (χ1) is 10.7. The summed E-state index contributed by atoms with van der Waals surface area (Å²) in [4.78, 5) is 4.82. The normalized spacial score (nSPS) is 20.2. The molecule has 1 aromatic heterocycles. The number of aromatic nitrogens is 1. The number of rotatable bonds is 4. The maximum atomic E-state index is 5.53. The number of likely N-dealkylation sites (N-methyl/N-ethyl adjacent to an activating group) is 1. The minimum Gasteiger partial charge on any atom is -0.496 e.